The first-order chi connectivity index (χ1) is 18.0. The Balaban J connectivity index is 1.89. The van der Waals surface area contributed by atoms with Crippen LogP contribution in [-0.2, 0) is 4.79 Å². The van der Waals surface area contributed by atoms with Gasteiger partial charge in [0.25, 0.3) is 0 Å². The van der Waals surface area contributed by atoms with E-state index in [1.54, 1.807) is 18.2 Å². The largest absolute Gasteiger partial charge is 0.482 e. The molecule has 204 valence electrons. The quantitative estimate of drug-likeness (QED) is 0.300. The maximum Gasteiger partial charge on any atom is 0.341 e. The van der Waals surface area contributed by atoms with Gasteiger partial charge in [0, 0.05) is 43.3 Å². The zero-order valence-corrected chi connectivity index (χ0v) is 22.5. The molecule has 10 heteroatoms. The number of hydrogen-bond donors (Lipinski definition) is 3. The molecule has 2 aromatic rings. The molecule has 2 amide bonds. The highest BCUT2D eigenvalue weighted by atomic mass is 35.5. The van der Waals surface area contributed by atoms with Crippen molar-refractivity contribution >= 4 is 40.7 Å². The number of rotatable bonds is 11. The summed E-state index contributed by atoms with van der Waals surface area (Å²) in [5, 5.41) is 14.5. The lowest BCUT2D eigenvalue weighted by molar-refractivity contribution is -0.139. The Bertz CT molecular complexity index is 1200. The van der Waals surface area contributed by atoms with Gasteiger partial charge in [-0.1, -0.05) is 35.9 Å². The number of carboxylic acids is 1. The zero-order chi connectivity index (χ0) is 27.8. The van der Waals surface area contributed by atoms with Crippen LogP contribution in [0.25, 0.3) is 0 Å². The minimum atomic E-state index is -1.12. The van der Waals surface area contributed by atoms with Crippen LogP contribution in [0, 0.1) is 5.82 Å². The molecule has 2 aromatic carbocycles. The van der Waals surface area contributed by atoms with Gasteiger partial charge in [-0.15, -0.1) is 0 Å². The van der Waals surface area contributed by atoms with E-state index in [0.29, 0.717) is 12.2 Å². The summed E-state index contributed by atoms with van der Waals surface area (Å²) >= 11 is 5.81. The predicted molar refractivity (Wildman–Crippen MR) is 150 cm³/mol. The normalized spacial score (nSPS) is 14.0. The molecule has 1 aliphatic heterocycles. The van der Waals surface area contributed by atoms with Gasteiger partial charge in [-0.3, -0.25) is 4.90 Å². The number of ether oxygens (including phenoxy) is 1. The lowest BCUT2D eigenvalue weighted by Gasteiger charge is -2.40. The van der Waals surface area contributed by atoms with Gasteiger partial charge in [0.1, 0.15) is 11.6 Å². The van der Waals surface area contributed by atoms with E-state index in [4.69, 9.17) is 21.4 Å². The number of nitrogens with zero attached hydrogens (tertiary/aromatic N) is 2. The van der Waals surface area contributed by atoms with Crippen molar-refractivity contribution in [3.05, 3.63) is 71.5 Å². The van der Waals surface area contributed by atoms with Crippen molar-refractivity contribution in [2.75, 3.05) is 48.3 Å². The third kappa shape index (κ3) is 8.49. The number of carbonyl (C=O) groups is 2. The molecule has 1 fully saturated rings. The maximum atomic E-state index is 14.3. The molecule has 0 bridgehead atoms. The van der Waals surface area contributed by atoms with E-state index in [9.17, 15) is 14.0 Å². The zero-order valence-electron chi connectivity index (χ0n) is 21.7. The summed E-state index contributed by atoms with van der Waals surface area (Å²) in [5.74, 6) is -1.52. The topological polar surface area (TPSA) is 94.1 Å². The first kappa shape index (κ1) is 29.0. The van der Waals surface area contributed by atoms with Crippen LogP contribution in [0.5, 0.6) is 5.75 Å². The number of anilines is 3. The van der Waals surface area contributed by atoms with E-state index < -0.39 is 24.4 Å². The van der Waals surface area contributed by atoms with E-state index in [0.717, 1.165) is 55.4 Å². The number of benzene rings is 2. The second-order valence-corrected chi connectivity index (χ2v) is 10.1. The average molecular weight is 545 g/mol. The van der Waals surface area contributed by atoms with E-state index in [-0.39, 0.29) is 22.5 Å². The van der Waals surface area contributed by atoms with Crippen molar-refractivity contribution in [2.24, 2.45) is 0 Å². The van der Waals surface area contributed by atoms with Crippen molar-refractivity contribution in [3.8, 4) is 5.75 Å². The molecule has 0 aromatic heterocycles. The Morgan fingerprint density at radius 2 is 1.79 bits per heavy atom. The summed E-state index contributed by atoms with van der Waals surface area (Å²) in [6.07, 6.45) is 1.80. The summed E-state index contributed by atoms with van der Waals surface area (Å²) in [6, 6.07) is 8.49. The summed E-state index contributed by atoms with van der Waals surface area (Å²) < 4.78 is 19.6. The van der Waals surface area contributed by atoms with Gasteiger partial charge in [-0.2, -0.15) is 0 Å². The van der Waals surface area contributed by atoms with Crippen LogP contribution in [0.3, 0.4) is 0 Å². The Labute approximate surface area is 227 Å². The second kappa shape index (κ2) is 13.3. The molecular formula is C28H34ClFN4O4. The highest BCUT2D eigenvalue weighted by Crippen LogP contribution is 2.35. The molecule has 0 aliphatic carbocycles. The Kier molecular flexibility index (Phi) is 10.2. The number of likely N-dealkylation sites (tertiary alicyclic amines) is 1. The van der Waals surface area contributed by atoms with Crippen LogP contribution in [0.4, 0.5) is 26.2 Å². The van der Waals surface area contributed by atoms with Gasteiger partial charge >= 0.3 is 12.0 Å². The highest BCUT2D eigenvalue weighted by molar-refractivity contribution is 6.30. The summed E-state index contributed by atoms with van der Waals surface area (Å²) in [6.45, 7) is 14.8. The van der Waals surface area contributed by atoms with Crippen molar-refractivity contribution in [3.63, 3.8) is 0 Å². The van der Waals surface area contributed by atoms with E-state index in [1.807, 2.05) is 13.8 Å². The summed E-state index contributed by atoms with van der Waals surface area (Å²) in [5.41, 5.74) is 3.15. The molecule has 0 unspecified atom stereocenters. The number of hydrogen-bond acceptors (Lipinski definition) is 5. The lowest BCUT2D eigenvalue weighted by atomic mass is 10.0. The van der Waals surface area contributed by atoms with Crippen molar-refractivity contribution in [1.82, 2.24) is 4.90 Å². The number of nitrogens with one attached hydrogen (secondary N) is 2. The number of piperidine rings is 1. The van der Waals surface area contributed by atoms with Crippen molar-refractivity contribution < 1.29 is 23.8 Å². The third-order valence-electron chi connectivity index (χ3n) is 6.00. The van der Waals surface area contributed by atoms with Gasteiger partial charge in [0.05, 0.1) is 17.1 Å². The minimum absolute atomic E-state index is 0.0320. The van der Waals surface area contributed by atoms with Crippen LogP contribution in [-0.4, -0.2) is 60.8 Å². The molecule has 1 aliphatic rings. The smallest absolute Gasteiger partial charge is 0.341 e. The Morgan fingerprint density at radius 3 is 2.39 bits per heavy atom. The fourth-order valence-electron chi connectivity index (χ4n) is 4.44. The minimum Gasteiger partial charge on any atom is -0.482 e. The van der Waals surface area contributed by atoms with Crippen LogP contribution >= 0.6 is 11.6 Å². The van der Waals surface area contributed by atoms with E-state index in [2.05, 4.69) is 33.6 Å². The SMILES string of the molecule is C=C(C)CN1CCC(N(CC(=C)C)c2ccc(OCC(=O)O)cc2NC(=O)Nc2ccc(Cl)cc2F)CC1. The summed E-state index contributed by atoms with van der Waals surface area (Å²) in [7, 11) is 0. The van der Waals surface area contributed by atoms with Crippen molar-refractivity contribution in [2.45, 2.75) is 32.7 Å². The van der Waals surface area contributed by atoms with Gasteiger partial charge in [0.2, 0.25) is 0 Å². The number of amides is 2. The number of aliphatic carboxylic acids is 1. The van der Waals surface area contributed by atoms with Gasteiger partial charge in [0.15, 0.2) is 6.61 Å². The van der Waals surface area contributed by atoms with Crippen LogP contribution < -0.4 is 20.3 Å². The predicted octanol–water partition coefficient (Wildman–Crippen LogP) is 6.01. The highest BCUT2D eigenvalue weighted by Gasteiger charge is 2.27. The lowest BCUT2D eigenvalue weighted by Crippen LogP contribution is -2.46. The average Bonchev–Trinajstić information content (AvgIpc) is 2.83. The number of halogens is 2. The fraction of sp³-hybridized carbons (Fsp3) is 0.357. The molecule has 0 atom stereocenters. The number of carboxylic acid groups (broad SMARTS) is 1. The molecule has 1 saturated heterocycles. The summed E-state index contributed by atoms with van der Waals surface area (Å²) in [4.78, 5) is 28.5. The molecule has 3 N–H and O–H groups in total. The first-order valence-electron chi connectivity index (χ1n) is 12.3. The van der Waals surface area contributed by atoms with Gasteiger partial charge in [-0.05, 0) is 57.0 Å². The second-order valence-electron chi connectivity index (χ2n) is 9.61. The van der Waals surface area contributed by atoms with Crippen LogP contribution in [0.15, 0.2) is 60.7 Å². The molecule has 0 radical (unpaired) electrons. The molecular weight excluding hydrogens is 511 g/mol. The Morgan fingerprint density at radius 1 is 1.11 bits per heavy atom. The molecule has 3 rings (SSSR count). The molecule has 0 saturated carbocycles. The van der Waals surface area contributed by atoms with Crippen LogP contribution in [0.2, 0.25) is 5.02 Å². The van der Waals surface area contributed by atoms with Gasteiger partial charge < -0.3 is 25.4 Å². The maximum absolute atomic E-state index is 14.3. The van der Waals surface area contributed by atoms with E-state index >= 15 is 0 Å². The first-order valence-corrected chi connectivity index (χ1v) is 12.7. The number of urea groups is 1. The Hall–Kier alpha value is -3.56. The molecule has 1 heterocycles. The van der Waals surface area contributed by atoms with Crippen LogP contribution in [0.1, 0.15) is 26.7 Å². The molecule has 8 nitrogen and oxygen atoms in total. The number of carbonyl (C=O) groups excluding carboxylic acids is 1. The molecule has 38 heavy (non-hydrogen) atoms. The monoisotopic (exact) mass is 544 g/mol. The van der Waals surface area contributed by atoms with Crippen molar-refractivity contribution in [1.29, 1.82) is 0 Å². The molecule has 0 spiro atoms. The standard InChI is InChI=1S/C28H34ClFN4O4/c1-18(2)15-33-11-9-21(10-12-33)34(16-19(3)4)26-8-6-22(38-17-27(35)36)14-25(26)32-28(37)31-24-7-5-20(29)13-23(24)30/h5-8,13-14,21H,1,3,9-12,15-17H2,2,4H3,(H,35,36)(H2,31,32,37). The van der Waals surface area contributed by atoms with E-state index in [1.165, 1.54) is 12.1 Å². The third-order valence-corrected chi connectivity index (χ3v) is 6.23. The van der Waals surface area contributed by atoms with Gasteiger partial charge in [-0.25, -0.2) is 14.0 Å². The fourth-order valence-corrected chi connectivity index (χ4v) is 4.60.